The third-order valence-corrected chi connectivity index (χ3v) is 4.42. The van der Waals surface area contributed by atoms with Gasteiger partial charge in [0.15, 0.2) is 0 Å². The van der Waals surface area contributed by atoms with Gasteiger partial charge in [0.05, 0.1) is 0 Å². The van der Waals surface area contributed by atoms with Crippen LogP contribution in [0.4, 0.5) is 0 Å². The number of benzene rings is 1. The topological polar surface area (TPSA) is 54.4 Å². The van der Waals surface area contributed by atoms with E-state index in [-0.39, 0.29) is 5.75 Å². The molecule has 0 radical (unpaired) electrons. The molecular formula is C8H8Cl2O3S2. The molecule has 0 aliphatic carbocycles. The lowest BCUT2D eigenvalue weighted by Gasteiger charge is -2.05. The first-order valence-corrected chi connectivity index (χ1v) is 7.56. The van der Waals surface area contributed by atoms with Crippen LogP contribution < -0.4 is 0 Å². The van der Waals surface area contributed by atoms with Crippen LogP contribution in [-0.4, -0.2) is 13.0 Å². The molecule has 0 saturated carbocycles. The van der Waals surface area contributed by atoms with E-state index in [1.54, 1.807) is 19.1 Å². The van der Waals surface area contributed by atoms with Crippen LogP contribution in [0.5, 0.6) is 0 Å². The van der Waals surface area contributed by atoms with Crippen LogP contribution in [0.15, 0.2) is 12.1 Å². The maximum Gasteiger partial charge on any atom is 0.320 e. The zero-order valence-electron chi connectivity index (χ0n) is 7.70. The summed E-state index contributed by atoms with van der Waals surface area (Å²) in [5.41, 5.74) is 1.40. The molecule has 0 fully saturated rings. The second kappa shape index (κ2) is 4.93. The van der Waals surface area contributed by atoms with Gasteiger partial charge in [-0.15, -0.1) is 0 Å². The highest BCUT2D eigenvalue weighted by Gasteiger charge is 2.10. The van der Waals surface area contributed by atoms with E-state index in [4.69, 9.17) is 27.8 Å². The maximum atomic E-state index is 10.5. The first-order chi connectivity index (χ1) is 6.79. The Balaban J connectivity index is 2.91. The van der Waals surface area contributed by atoms with Gasteiger partial charge in [-0.3, -0.25) is 4.55 Å². The molecule has 15 heavy (non-hydrogen) atoms. The van der Waals surface area contributed by atoms with Crippen LogP contribution in [0.1, 0.15) is 11.1 Å². The average Bonchev–Trinajstić information content (AvgIpc) is 2.07. The molecule has 0 saturated heterocycles. The van der Waals surface area contributed by atoms with Gasteiger partial charge >= 0.3 is 9.15 Å². The largest absolute Gasteiger partial charge is 0.320 e. The molecular weight excluding hydrogens is 279 g/mol. The van der Waals surface area contributed by atoms with Crippen LogP contribution >= 0.6 is 34.0 Å². The Morgan fingerprint density at radius 2 is 1.93 bits per heavy atom. The molecule has 0 unspecified atom stereocenters. The molecule has 0 aliphatic heterocycles. The molecule has 0 aromatic heterocycles. The predicted octanol–water partition coefficient (Wildman–Crippen LogP) is 3.34. The van der Waals surface area contributed by atoms with Gasteiger partial charge in [0.2, 0.25) is 0 Å². The van der Waals surface area contributed by atoms with Crippen molar-refractivity contribution in [2.24, 2.45) is 0 Å². The normalized spacial score (nSPS) is 11.7. The molecule has 1 aromatic carbocycles. The van der Waals surface area contributed by atoms with Crippen LogP contribution in [0.25, 0.3) is 0 Å². The first-order valence-electron chi connectivity index (χ1n) is 3.86. The van der Waals surface area contributed by atoms with Gasteiger partial charge in [0.1, 0.15) is 0 Å². The Bertz CT molecular complexity index is 471. The van der Waals surface area contributed by atoms with E-state index in [1.165, 1.54) is 0 Å². The Morgan fingerprint density at radius 1 is 1.33 bits per heavy atom. The maximum absolute atomic E-state index is 10.5. The molecule has 0 heterocycles. The molecule has 0 amide bonds. The smallest absolute Gasteiger partial charge is 0.277 e. The van der Waals surface area contributed by atoms with Crippen molar-refractivity contribution in [2.75, 3.05) is 0 Å². The van der Waals surface area contributed by atoms with Crippen molar-refractivity contribution in [1.29, 1.82) is 0 Å². The summed E-state index contributed by atoms with van der Waals surface area (Å²) >= 11 is 11.7. The third kappa shape index (κ3) is 4.20. The summed E-state index contributed by atoms with van der Waals surface area (Å²) in [6.45, 7) is 1.80. The number of rotatable bonds is 3. The zero-order chi connectivity index (χ0) is 11.6. The highest BCUT2D eigenvalue weighted by Crippen LogP contribution is 2.28. The van der Waals surface area contributed by atoms with E-state index in [2.05, 4.69) is 0 Å². The van der Waals surface area contributed by atoms with Crippen molar-refractivity contribution >= 4 is 43.1 Å². The standard InChI is InChI=1S/C8H8Cl2O3S2/c1-5-2-8(10)6(3-7(5)9)4-14-15(11,12)13/h2-3H,4H2,1H3,(H,11,12,13). The number of aryl methyl sites for hydroxylation is 1. The first kappa shape index (κ1) is 13.1. The summed E-state index contributed by atoms with van der Waals surface area (Å²) in [7, 11) is -3.65. The van der Waals surface area contributed by atoms with E-state index in [0.717, 1.165) is 5.56 Å². The van der Waals surface area contributed by atoms with E-state index in [9.17, 15) is 8.42 Å². The summed E-state index contributed by atoms with van der Waals surface area (Å²) in [5, 5.41) is 0.957. The lowest BCUT2D eigenvalue weighted by Crippen LogP contribution is -1.92. The SMILES string of the molecule is Cc1cc(Cl)c(CSS(=O)(=O)O)cc1Cl. The molecule has 0 spiro atoms. The summed E-state index contributed by atoms with van der Waals surface area (Å²) in [6.07, 6.45) is 0. The molecule has 0 atom stereocenters. The summed E-state index contributed by atoms with van der Waals surface area (Å²) < 4.78 is 29.6. The van der Waals surface area contributed by atoms with Crippen LogP contribution in [0, 0.1) is 6.92 Å². The van der Waals surface area contributed by atoms with Crippen molar-refractivity contribution in [3.8, 4) is 0 Å². The number of hydrogen-bond donors (Lipinski definition) is 1. The minimum Gasteiger partial charge on any atom is -0.277 e. The quantitative estimate of drug-likeness (QED) is 0.684. The Hall–Kier alpha value is 0.0600. The van der Waals surface area contributed by atoms with Gasteiger partial charge in [-0.25, -0.2) is 0 Å². The van der Waals surface area contributed by atoms with Gasteiger partial charge in [-0.05, 0) is 30.2 Å². The Morgan fingerprint density at radius 3 is 2.47 bits per heavy atom. The molecule has 84 valence electrons. The highest BCUT2D eigenvalue weighted by atomic mass is 35.5. The minimum absolute atomic E-state index is 0.0671. The predicted molar refractivity (Wildman–Crippen MR) is 64.0 cm³/mol. The van der Waals surface area contributed by atoms with Crippen molar-refractivity contribution in [3.05, 3.63) is 33.3 Å². The van der Waals surface area contributed by atoms with Crippen LogP contribution in [0.3, 0.4) is 0 Å². The molecule has 7 heteroatoms. The van der Waals surface area contributed by atoms with Crippen LogP contribution in [-0.2, 0) is 14.9 Å². The van der Waals surface area contributed by atoms with Crippen molar-refractivity contribution in [2.45, 2.75) is 12.7 Å². The van der Waals surface area contributed by atoms with E-state index >= 15 is 0 Å². The second-order valence-corrected chi connectivity index (χ2v) is 7.05. The molecule has 1 N–H and O–H groups in total. The van der Waals surface area contributed by atoms with Gasteiger partial charge < -0.3 is 0 Å². The van der Waals surface area contributed by atoms with Gasteiger partial charge in [-0.2, -0.15) is 8.42 Å². The fourth-order valence-electron chi connectivity index (χ4n) is 0.936. The van der Waals surface area contributed by atoms with Gasteiger partial charge in [-0.1, -0.05) is 23.2 Å². The van der Waals surface area contributed by atoms with Crippen molar-refractivity contribution < 1.29 is 13.0 Å². The number of halogens is 2. The Kier molecular flexibility index (Phi) is 4.31. The lowest BCUT2D eigenvalue weighted by molar-refractivity contribution is 0.503. The Labute approximate surface area is 102 Å². The fraction of sp³-hybridized carbons (Fsp3) is 0.250. The highest BCUT2D eigenvalue weighted by molar-refractivity contribution is 8.69. The lowest BCUT2D eigenvalue weighted by atomic mass is 10.2. The second-order valence-electron chi connectivity index (χ2n) is 2.88. The minimum atomic E-state index is -4.05. The average molecular weight is 287 g/mol. The summed E-state index contributed by atoms with van der Waals surface area (Å²) in [5.74, 6) is 0.0671. The number of hydrogen-bond acceptors (Lipinski definition) is 3. The van der Waals surface area contributed by atoms with E-state index < -0.39 is 9.15 Å². The molecule has 3 nitrogen and oxygen atoms in total. The van der Waals surface area contributed by atoms with Crippen molar-refractivity contribution in [3.63, 3.8) is 0 Å². The van der Waals surface area contributed by atoms with Crippen molar-refractivity contribution in [1.82, 2.24) is 0 Å². The van der Waals surface area contributed by atoms with E-state index in [0.29, 0.717) is 26.4 Å². The summed E-state index contributed by atoms with van der Waals surface area (Å²) in [6, 6.07) is 3.25. The van der Waals surface area contributed by atoms with Gasteiger partial charge in [0, 0.05) is 26.6 Å². The monoisotopic (exact) mass is 286 g/mol. The molecule has 0 bridgehead atoms. The van der Waals surface area contributed by atoms with Crippen LogP contribution in [0.2, 0.25) is 10.0 Å². The molecule has 0 aliphatic rings. The van der Waals surface area contributed by atoms with Gasteiger partial charge in [0.25, 0.3) is 0 Å². The molecule has 1 rings (SSSR count). The third-order valence-electron chi connectivity index (χ3n) is 1.69. The fourth-order valence-corrected chi connectivity index (χ4v) is 2.83. The zero-order valence-corrected chi connectivity index (χ0v) is 10.8. The molecule has 1 aromatic rings. The van der Waals surface area contributed by atoms with E-state index in [1.807, 2.05) is 0 Å². The summed E-state index contributed by atoms with van der Waals surface area (Å²) in [4.78, 5) is 0.